The maximum Gasteiger partial charge on any atom is 0.326 e. The quantitative estimate of drug-likeness (QED) is 0.750. The van der Waals surface area contributed by atoms with Crippen molar-refractivity contribution in [3.63, 3.8) is 0 Å². The molecule has 1 amide bonds. The van der Waals surface area contributed by atoms with Gasteiger partial charge in [0.15, 0.2) is 0 Å². The summed E-state index contributed by atoms with van der Waals surface area (Å²) in [5.74, 6) is 0.235. The van der Waals surface area contributed by atoms with E-state index >= 15 is 0 Å². The second kappa shape index (κ2) is 6.33. The van der Waals surface area contributed by atoms with Gasteiger partial charge in [-0.2, -0.15) is 5.26 Å². The van der Waals surface area contributed by atoms with E-state index in [-0.39, 0.29) is 36.4 Å². The Morgan fingerprint density at radius 3 is 3.15 bits per heavy atom. The van der Waals surface area contributed by atoms with Crippen molar-refractivity contribution < 1.29 is 4.79 Å². The number of amides is 1. The summed E-state index contributed by atoms with van der Waals surface area (Å²) in [5, 5.41) is 9.60. The van der Waals surface area contributed by atoms with Gasteiger partial charge in [0.25, 0.3) is 0 Å². The van der Waals surface area contributed by atoms with Crippen LogP contribution in [0.3, 0.4) is 0 Å². The van der Waals surface area contributed by atoms with E-state index in [2.05, 4.69) is 21.9 Å². The Labute approximate surface area is 149 Å². The Bertz CT molecular complexity index is 1070. The number of carbonyl (C=O) groups is 1. The predicted molar refractivity (Wildman–Crippen MR) is 96.5 cm³/mol. The van der Waals surface area contributed by atoms with Gasteiger partial charge in [0.05, 0.1) is 29.3 Å². The normalized spacial score (nSPS) is 20.5. The van der Waals surface area contributed by atoms with E-state index in [0.717, 1.165) is 23.0 Å². The largest absolute Gasteiger partial charge is 0.346 e. The predicted octanol–water partition coefficient (Wildman–Crippen LogP) is 1.92. The fourth-order valence-electron chi connectivity index (χ4n) is 3.87. The molecule has 4 rings (SSSR count). The minimum absolute atomic E-state index is 0.0233. The molecule has 2 atom stereocenters. The van der Waals surface area contributed by atoms with E-state index in [1.54, 1.807) is 21.9 Å². The first-order valence-corrected chi connectivity index (χ1v) is 8.81. The van der Waals surface area contributed by atoms with Crippen LogP contribution in [0.5, 0.6) is 0 Å². The maximum atomic E-state index is 12.7. The van der Waals surface area contributed by atoms with Gasteiger partial charge in [0.1, 0.15) is 5.65 Å². The molecule has 8 heteroatoms. The molecule has 2 N–H and O–H groups in total. The molecular formula is C18H20N6O2. The molecule has 0 saturated carbocycles. The molecule has 3 aromatic heterocycles. The van der Waals surface area contributed by atoms with E-state index in [0.29, 0.717) is 18.6 Å². The minimum atomic E-state index is -0.182. The molecule has 1 saturated heterocycles. The molecule has 1 aliphatic rings. The Morgan fingerprint density at radius 2 is 2.35 bits per heavy atom. The number of carbonyl (C=O) groups excluding carboxylic acids is 1. The van der Waals surface area contributed by atoms with E-state index in [4.69, 9.17) is 5.26 Å². The van der Waals surface area contributed by atoms with Crippen LogP contribution in [0.25, 0.3) is 22.1 Å². The second-order valence-electron chi connectivity index (χ2n) is 6.89. The number of hydrogen-bond donors (Lipinski definition) is 2. The monoisotopic (exact) mass is 352 g/mol. The number of nitrogens with zero attached hydrogens (tertiary/aromatic N) is 4. The number of piperidine rings is 1. The summed E-state index contributed by atoms with van der Waals surface area (Å²) in [6, 6.07) is 3.82. The highest BCUT2D eigenvalue weighted by Crippen LogP contribution is 2.31. The van der Waals surface area contributed by atoms with Crippen LogP contribution < -0.4 is 5.69 Å². The summed E-state index contributed by atoms with van der Waals surface area (Å²) in [4.78, 5) is 37.2. The number of nitrogens with one attached hydrogen (secondary N) is 2. The van der Waals surface area contributed by atoms with Crippen LogP contribution in [0, 0.1) is 17.2 Å². The topological polar surface area (TPSA) is 111 Å². The number of nitriles is 1. The van der Waals surface area contributed by atoms with Crippen molar-refractivity contribution in [1.29, 1.82) is 5.26 Å². The number of aromatic amines is 2. The van der Waals surface area contributed by atoms with E-state index in [9.17, 15) is 9.59 Å². The van der Waals surface area contributed by atoms with Crippen molar-refractivity contribution in [3.8, 4) is 6.07 Å². The standard InChI is InChI=1S/C18H20N6O2/c1-11-5-8-23(15(25)3-2-6-19)10-14(11)24-16-12-4-7-20-17(12)21-9-13(16)22-18(24)26/h4,7,9,11,14H,2-3,5,8,10H2,1H3,(H,20,21)(H,22,26)/t11-,14+/m1/s1. The maximum absolute atomic E-state index is 12.7. The van der Waals surface area contributed by atoms with Crippen LogP contribution in [-0.4, -0.2) is 43.4 Å². The summed E-state index contributed by atoms with van der Waals surface area (Å²) < 4.78 is 1.78. The van der Waals surface area contributed by atoms with Crippen LogP contribution >= 0.6 is 0 Å². The highest BCUT2D eigenvalue weighted by molar-refractivity contribution is 6.00. The van der Waals surface area contributed by atoms with E-state index < -0.39 is 0 Å². The number of pyridine rings is 1. The second-order valence-corrected chi connectivity index (χ2v) is 6.89. The van der Waals surface area contributed by atoms with Crippen LogP contribution in [0.2, 0.25) is 0 Å². The Balaban J connectivity index is 1.77. The summed E-state index contributed by atoms with van der Waals surface area (Å²) >= 11 is 0. The van der Waals surface area contributed by atoms with Crippen LogP contribution in [0.1, 0.15) is 32.2 Å². The van der Waals surface area contributed by atoms with Crippen molar-refractivity contribution in [1.82, 2.24) is 24.4 Å². The molecule has 0 radical (unpaired) electrons. The van der Waals surface area contributed by atoms with Gasteiger partial charge in [0, 0.05) is 37.5 Å². The molecule has 0 spiro atoms. The average molecular weight is 352 g/mol. The third-order valence-corrected chi connectivity index (χ3v) is 5.31. The van der Waals surface area contributed by atoms with Gasteiger partial charge in [-0.25, -0.2) is 9.78 Å². The van der Waals surface area contributed by atoms with Crippen molar-refractivity contribution >= 4 is 28.0 Å². The van der Waals surface area contributed by atoms with Crippen LogP contribution in [-0.2, 0) is 4.79 Å². The molecule has 8 nitrogen and oxygen atoms in total. The zero-order chi connectivity index (χ0) is 18.3. The SMILES string of the molecule is C[C@@H]1CCN(C(=O)CCC#N)C[C@@H]1n1c(=O)[nH]c2cnc3[nH]ccc3c21. The molecule has 26 heavy (non-hydrogen) atoms. The van der Waals surface area contributed by atoms with Crippen LogP contribution in [0.15, 0.2) is 23.3 Å². The van der Waals surface area contributed by atoms with Gasteiger partial charge in [-0.05, 0) is 18.4 Å². The summed E-state index contributed by atoms with van der Waals surface area (Å²) in [6.45, 7) is 3.26. The first-order valence-electron chi connectivity index (χ1n) is 8.81. The number of aromatic nitrogens is 4. The van der Waals surface area contributed by atoms with Gasteiger partial charge in [-0.15, -0.1) is 0 Å². The smallest absolute Gasteiger partial charge is 0.326 e. The fourth-order valence-corrected chi connectivity index (χ4v) is 3.87. The molecule has 3 aromatic rings. The summed E-state index contributed by atoms with van der Waals surface area (Å²) in [5.41, 5.74) is 2.07. The number of rotatable bonds is 3. The summed E-state index contributed by atoms with van der Waals surface area (Å²) in [6.07, 6.45) is 4.74. The zero-order valence-electron chi connectivity index (χ0n) is 14.5. The molecule has 4 heterocycles. The molecule has 0 unspecified atom stereocenters. The van der Waals surface area contributed by atoms with Gasteiger partial charge in [-0.3, -0.25) is 9.36 Å². The lowest BCUT2D eigenvalue weighted by Gasteiger charge is -2.37. The average Bonchev–Trinajstić information content (AvgIpc) is 3.23. The summed E-state index contributed by atoms with van der Waals surface area (Å²) in [7, 11) is 0. The lowest BCUT2D eigenvalue weighted by molar-refractivity contribution is -0.133. The number of H-pyrrole nitrogens is 2. The third kappa shape index (κ3) is 2.56. The Morgan fingerprint density at radius 1 is 1.50 bits per heavy atom. The van der Waals surface area contributed by atoms with Crippen molar-refractivity contribution in [2.45, 2.75) is 32.2 Å². The van der Waals surface area contributed by atoms with Gasteiger partial charge in [0.2, 0.25) is 5.91 Å². The van der Waals surface area contributed by atoms with Crippen molar-refractivity contribution in [2.75, 3.05) is 13.1 Å². The van der Waals surface area contributed by atoms with Crippen LogP contribution in [0.4, 0.5) is 0 Å². The Hall–Kier alpha value is -3.08. The van der Waals surface area contributed by atoms with Crippen molar-refractivity contribution in [2.24, 2.45) is 5.92 Å². The number of likely N-dealkylation sites (tertiary alicyclic amines) is 1. The molecule has 1 fully saturated rings. The van der Waals surface area contributed by atoms with E-state index in [1.807, 2.05) is 12.1 Å². The zero-order valence-corrected chi connectivity index (χ0v) is 14.5. The fraction of sp³-hybridized carbons (Fsp3) is 0.444. The number of fused-ring (bicyclic) bond motifs is 3. The van der Waals surface area contributed by atoms with Crippen molar-refractivity contribution in [3.05, 3.63) is 28.9 Å². The molecule has 134 valence electrons. The number of imidazole rings is 1. The molecule has 0 aromatic carbocycles. The minimum Gasteiger partial charge on any atom is -0.346 e. The van der Waals surface area contributed by atoms with E-state index in [1.165, 1.54) is 0 Å². The third-order valence-electron chi connectivity index (χ3n) is 5.31. The first-order chi connectivity index (χ1) is 12.6. The highest BCUT2D eigenvalue weighted by Gasteiger charge is 2.32. The first kappa shape index (κ1) is 16.4. The van der Waals surface area contributed by atoms with Gasteiger partial charge < -0.3 is 14.9 Å². The molecule has 1 aliphatic heterocycles. The molecule has 0 aliphatic carbocycles. The highest BCUT2D eigenvalue weighted by atomic mass is 16.2. The van der Waals surface area contributed by atoms with Gasteiger partial charge >= 0.3 is 5.69 Å². The molecule has 0 bridgehead atoms. The number of hydrogen-bond acceptors (Lipinski definition) is 4. The molecular weight excluding hydrogens is 332 g/mol. The Kier molecular flexibility index (Phi) is 3.99. The lowest BCUT2D eigenvalue weighted by Crippen LogP contribution is -2.45. The van der Waals surface area contributed by atoms with Gasteiger partial charge in [-0.1, -0.05) is 6.92 Å². The lowest BCUT2D eigenvalue weighted by atomic mass is 9.92.